The Kier molecular flexibility index (Phi) is 3.96. The maximum absolute atomic E-state index is 13.4. The van der Waals surface area contributed by atoms with Crippen molar-refractivity contribution < 1.29 is 18.0 Å². The van der Waals surface area contributed by atoms with Crippen LogP contribution in [0, 0.1) is 11.8 Å². The molecular formula is C18H21F3N4O. The SMILES string of the molecule is CCc1cc(C(F)(F)F)n2nc([C@@H]3CCCN3C(=O)[C@H]3C[C@@H]3C)cc2n1. The number of hydrogen-bond donors (Lipinski definition) is 0. The van der Waals surface area contributed by atoms with Crippen LogP contribution < -0.4 is 0 Å². The monoisotopic (exact) mass is 366 g/mol. The second-order valence-electron chi connectivity index (χ2n) is 7.33. The average Bonchev–Trinajstić information content (AvgIpc) is 3.01. The highest BCUT2D eigenvalue weighted by Crippen LogP contribution is 2.43. The van der Waals surface area contributed by atoms with Gasteiger partial charge >= 0.3 is 6.18 Å². The van der Waals surface area contributed by atoms with E-state index in [9.17, 15) is 18.0 Å². The fraction of sp³-hybridized carbons (Fsp3) is 0.611. The van der Waals surface area contributed by atoms with Crippen LogP contribution in [0.5, 0.6) is 0 Å². The molecule has 26 heavy (non-hydrogen) atoms. The van der Waals surface area contributed by atoms with Gasteiger partial charge in [-0.05, 0) is 37.7 Å². The summed E-state index contributed by atoms with van der Waals surface area (Å²) in [6.07, 6.45) is -1.65. The molecule has 2 fully saturated rings. The van der Waals surface area contributed by atoms with Crippen LogP contribution in [-0.4, -0.2) is 31.9 Å². The lowest BCUT2D eigenvalue weighted by atomic mass is 10.1. The van der Waals surface area contributed by atoms with Crippen LogP contribution in [0.15, 0.2) is 12.1 Å². The van der Waals surface area contributed by atoms with Crippen LogP contribution in [-0.2, 0) is 17.4 Å². The molecule has 2 aromatic rings. The molecule has 1 saturated heterocycles. The van der Waals surface area contributed by atoms with E-state index in [1.54, 1.807) is 17.9 Å². The highest BCUT2D eigenvalue weighted by atomic mass is 19.4. The first-order valence-electron chi connectivity index (χ1n) is 9.07. The molecule has 4 rings (SSSR count). The third kappa shape index (κ3) is 2.85. The molecule has 3 heterocycles. The van der Waals surface area contributed by atoms with Crippen LogP contribution in [0.2, 0.25) is 0 Å². The molecule has 1 aliphatic carbocycles. The molecule has 3 atom stereocenters. The molecule has 8 heteroatoms. The number of nitrogens with zero attached hydrogens (tertiary/aromatic N) is 4. The second kappa shape index (κ2) is 5.96. The number of aromatic nitrogens is 3. The van der Waals surface area contributed by atoms with Crippen LogP contribution in [0.4, 0.5) is 13.2 Å². The second-order valence-corrected chi connectivity index (χ2v) is 7.33. The first-order valence-corrected chi connectivity index (χ1v) is 9.07. The van der Waals surface area contributed by atoms with Gasteiger partial charge in [-0.25, -0.2) is 9.50 Å². The van der Waals surface area contributed by atoms with Crippen molar-refractivity contribution in [3.05, 3.63) is 29.2 Å². The van der Waals surface area contributed by atoms with Crippen LogP contribution in [0.3, 0.4) is 0 Å². The maximum Gasteiger partial charge on any atom is 0.433 e. The van der Waals surface area contributed by atoms with Crippen molar-refractivity contribution >= 4 is 11.6 Å². The van der Waals surface area contributed by atoms with Gasteiger partial charge in [-0.1, -0.05) is 13.8 Å². The summed E-state index contributed by atoms with van der Waals surface area (Å²) in [4.78, 5) is 18.7. The fourth-order valence-corrected chi connectivity index (χ4v) is 3.81. The lowest BCUT2D eigenvalue weighted by Gasteiger charge is -2.23. The normalized spacial score (nSPS) is 25.9. The molecule has 0 N–H and O–H groups in total. The number of rotatable bonds is 3. The maximum atomic E-state index is 13.4. The van der Waals surface area contributed by atoms with Gasteiger partial charge in [0.05, 0.1) is 11.7 Å². The van der Waals surface area contributed by atoms with E-state index in [-0.39, 0.29) is 23.5 Å². The fourth-order valence-electron chi connectivity index (χ4n) is 3.81. The Morgan fingerprint density at radius 2 is 2.08 bits per heavy atom. The number of alkyl halides is 3. The first kappa shape index (κ1) is 17.3. The van der Waals surface area contributed by atoms with E-state index in [0.29, 0.717) is 30.3 Å². The van der Waals surface area contributed by atoms with Gasteiger partial charge in [0.15, 0.2) is 5.65 Å². The van der Waals surface area contributed by atoms with Gasteiger partial charge in [-0.2, -0.15) is 18.3 Å². The predicted octanol–water partition coefficient (Wildman–Crippen LogP) is 3.63. The summed E-state index contributed by atoms with van der Waals surface area (Å²) in [6, 6.07) is 2.39. The Balaban J connectivity index is 1.74. The van der Waals surface area contributed by atoms with Gasteiger partial charge in [0.1, 0.15) is 5.69 Å². The lowest BCUT2D eigenvalue weighted by molar-refractivity contribution is -0.143. The summed E-state index contributed by atoms with van der Waals surface area (Å²) in [5.74, 6) is 0.564. The third-order valence-corrected chi connectivity index (χ3v) is 5.46. The molecular weight excluding hydrogens is 345 g/mol. The third-order valence-electron chi connectivity index (χ3n) is 5.46. The molecule has 0 radical (unpaired) electrons. The Bertz CT molecular complexity index is 860. The van der Waals surface area contributed by atoms with Crippen molar-refractivity contribution in [1.82, 2.24) is 19.5 Å². The van der Waals surface area contributed by atoms with Crippen molar-refractivity contribution in [1.29, 1.82) is 0 Å². The van der Waals surface area contributed by atoms with E-state index < -0.39 is 11.9 Å². The Labute approximate surface area is 149 Å². The topological polar surface area (TPSA) is 50.5 Å². The van der Waals surface area contributed by atoms with Crippen molar-refractivity contribution in [2.24, 2.45) is 11.8 Å². The lowest BCUT2D eigenvalue weighted by Crippen LogP contribution is -2.32. The number of aryl methyl sites for hydroxylation is 1. The Hall–Kier alpha value is -2.12. The van der Waals surface area contributed by atoms with E-state index in [4.69, 9.17) is 0 Å². The predicted molar refractivity (Wildman–Crippen MR) is 88.3 cm³/mol. The van der Waals surface area contributed by atoms with E-state index in [0.717, 1.165) is 29.8 Å². The molecule has 0 bridgehead atoms. The molecule has 0 aromatic carbocycles. The molecule has 1 aliphatic heterocycles. The van der Waals surface area contributed by atoms with Gasteiger partial charge in [-0.15, -0.1) is 0 Å². The first-order chi connectivity index (χ1) is 12.3. The van der Waals surface area contributed by atoms with Crippen molar-refractivity contribution in [2.75, 3.05) is 6.54 Å². The zero-order valence-electron chi connectivity index (χ0n) is 14.8. The number of halogens is 3. The quantitative estimate of drug-likeness (QED) is 0.834. The average molecular weight is 366 g/mol. The van der Waals surface area contributed by atoms with E-state index in [1.807, 2.05) is 6.92 Å². The molecule has 2 aliphatic rings. The molecule has 1 amide bonds. The zero-order valence-corrected chi connectivity index (χ0v) is 14.8. The van der Waals surface area contributed by atoms with Crippen molar-refractivity contribution in [3.63, 3.8) is 0 Å². The standard InChI is InChI=1S/C18H21F3N4O/c1-3-11-8-15(18(19,20)21)25-16(22-11)9-13(23-25)14-5-4-6-24(14)17(26)12-7-10(12)2/h8-10,12,14H,3-7H2,1-2H3/t10-,12-,14-/m0/s1. The number of likely N-dealkylation sites (tertiary alicyclic amines) is 1. The minimum absolute atomic E-state index is 0.0585. The van der Waals surface area contributed by atoms with Crippen molar-refractivity contribution in [2.45, 2.75) is 51.7 Å². The van der Waals surface area contributed by atoms with Crippen molar-refractivity contribution in [3.8, 4) is 0 Å². The van der Waals surface area contributed by atoms with Crippen LogP contribution in [0.1, 0.15) is 56.2 Å². The van der Waals surface area contributed by atoms with Crippen LogP contribution in [0.25, 0.3) is 5.65 Å². The summed E-state index contributed by atoms with van der Waals surface area (Å²) < 4.78 is 41.2. The molecule has 0 unspecified atom stereocenters. The summed E-state index contributed by atoms with van der Waals surface area (Å²) in [6.45, 7) is 4.45. The summed E-state index contributed by atoms with van der Waals surface area (Å²) in [5, 5.41) is 4.21. The zero-order chi connectivity index (χ0) is 18.6. The highest BCUT2D eigenvalue weighted by molar-refractivity contribution is 5.82. The van der Waals surface area contributed by atoms with Gasteiger partial charge in [0.2, 0.25) is 5.91 Å². The summed E-state index contributed by atoms with van der Waals surface area (Å²) in [7, 11) is 0. The van der Waals surface area contributed by atoms with E-state index in [2.05, 4.69) is 10.1 Å². The molecule has 0 spiro atoms. The molecule has 2 aromatic heterocycles. The Morgan fingerprint density at radius 1 is 1.35 bits per heavy atom. The highest BCUT2D eigenvalue weighted by Gasteiger charge is 2.45. The number of hydrogen-bond acceptors (Lipinski definition) is 3. The smallest absolute Gasteiger partial charge is 0.334 e. The number of carbonyl (C=O) groups excluding carboxylic acids is 1. The van der Waals surface area contributed by atoms with Gasteiger partial charge < -0.3 is 4.90 Å². The van der Waals surface area contributed by atoms with Gasteiger partial charge in [0.25, 0.3) is 0 Å². The van der Waals surface area contributed by atoms with Gasteiger partial charge in [-0.3, -0.25) is 4.79 Å². The summed E-state index contributed by atoms with van der Waals surface area (Å²) >= 11 is 0. The Morgan fingerprint density at radius 3 is 2.69 bits per heavy atom. The van der Waals surface area contributed by atoms with Crippen LogP contribution >= 0.6 is 0 Å². The minimum Gasteiger partial charge on any atom is -0.334 e. The molecule has 5 nitrogen and oxygen atoms in total. The summed E-state index contributed by atoms with van der Waals surface area (Å²) in [5.41, 5.74) is 0.237. The van der Waals surface area contributed by atoms with E-state index in [1.165, 1.54) is 0 Å². The largest absolute Gasteiger partial charge is 0.433 e. The number of fused-ring (bicyclic) bond motifs is 1. The van der Waals surface area contributed by atoms with E-state index >= 15 is 0 Å². The number of carbonyl (C=O) groups is 1. The minimum atomic E-state index is -4.51. The number of amides is 1. The molecule has 1 saturated carbocycles. The van der Waals surface area contributed by atoms with Gasteiger partial charge in [0, 0.05) is 24.2 Å². The molecule has 140 valence electrons.